The van der Waals surface area contributed by atoms with Crippen molar-refractivity contribution in [1.82, 2.24) is 20.5 Å². The van der Waals surface area contributed by atoms with Crippen LogP contribution in [0.1, 0.15) is 32.0 Å². The van der Waals surface area contributed by atoms with Gasteiger partial charge in [0, 0.05) is 24.8 Å². The molecule has 10 heteroatoms. The zero-order valence-corrected chi connectivity index (χ0v) is 23.9. The van der Waals surface area contributed by atoms with E-state index in [1.807, 2.05) is 43.3 Å². The number of methoxy groups -OCH3 is 1. The van der Waals surface area contributed by atoms with E-state index < -0.39 is 12.1 Å². The maximum atomic E-state index is 13.6. The molecular weight excluding hydrogens is 548 g/mol. The lowest BCUT2D eigenvalue weighted by atomic mass is 9.97. The van der Waals surface area contributed by atoms with Crippen LogP contribution in [0.25, 0.3) is 11.1 Å². The number of nitrogens with zero attached hydrogens (tertiary/aromatic N) is 1. The first-order chi connectivity index (χ1) is 20.9. The van der Waals surface area contributed by atoms with Crippen LogP contribution in [0.3, 0.4) is 0 Å². The van der Waals surface area contributed by atoms with Gasteiger partial charge in [-0.3, -0.25) is 14.4 Å². The Morgan fingerprint density at radius 1 is 0.977 bits per heavy atom. The number of carbonyl (C=O) groups is 3. The quantitative estimate of drug-likeness (QED) is 0.332. The van der Waals surface area contributed by atoms with Crippen molar-refractivity contribution in [2.45, 2.75) is 25.6 Å². The molecule has 1 saturated heterocycles. The molecule has 0 spiro atoms. The number of nitrogens with one attached hydrogen (secondary N) is 3. The molecule has 4 heterocycles. The second-order valence-electron chi connectivity index (χ2n) is 10.6. The third-order valence-electron chi connectivity index (χ3n) is 7.71. The Labute approximate surface area is 248 Å². The number of hydrogen-bond acceptors (Lipinski definition) is 6. The Morgan fingerprint density at radius 3 is 2.67 bits per heavy atom. The number of carbonyl (C=O) groups excluding carboxylic acids is 3. The van der Waals surface area contributed by atoms with Crippen molar-refractivity contribution in [3.63, 3.8) is 0 Å². The van der Waals surface area contributed by atoms with E-state index in [1.54, 1.807) is 47.5 Å². The molecule has 220 valence electrons. The largest absolute Gasteiger partial charge is 0.493 e. The molecule has 4 aromatic rings. The van der Waals surface area contributed by atoms with Crippen LogP contribution >= 0.6 is 0 Å². The van der Waals surface area contributed by atoms with Crippen LogP contribution in [0.5, 0.6) is 17.2 Å². The van der Waals surface area contributed by atoms with E-state index in [4.69, 9.17) is 14.2 Å². The number of H-pyrrole nitrogens is 1. The van der Waals surface area contributed by atoms with Gasteiger partial charge < -0.3 is 34.7 Å². The summed E-state index contributed by atoms with van der Waals surface area (Å²) < 4.78 is 17.8. The van der Waals surface area contributed by atoms with E-state index in [0.717, 1.165) is 22.3 Å². The first kappa shape index (κ1) is 27.9. The topological polar surface area (TPSA) is 122 Å². The SMILES string of the molecule is COc1cc2ccc1O[C@H]1CN(C(=O)c3ccc[nH]3)C[C@@H]1NC(=O)c1ccc(C)c(c1)-c1cccc(c1)OCC(=O)NC2. The molecule has 6 bridgehead atoms. The zero-order valence-electron chi connectivity index (χ0n) is 23.9. The molecule has 0 saturated carbocycles. The van der Waals surface area contributed by atoms with Crippen LogP contribution in [-0.2, 0) is 11.3 Å². The van der Waals surface area contributed by atoms with Gasteiger partial charge in [-0.05, 0) is 77.7 Å². The Morgan fingerprint density at radius 2 is 1.86 bits per heavy atom. The van der Waals surface area contributed by atoms with Gasteiger partial charge in [-0.25, -0.2) is 0 Å². The Bertz CT molecular complexity index is 1670. The minimum atomic E-state index is -0.549. The summed E-state index contributed by atoms with van der Waals surface area (Å²) in [5.41, 5.74) is 4.44. The molecule has 1 fully saturated rings. The van der Waals surface area contributed by atoms with Gasteiger partial charge in [0.1, 0.15) is 17.5 Å². The molecule has 0 radical (unpaired) electrons. The zero-order chi connectivity index (χ0) is 29.9. The maximum Gasteiger partial charge on any atom is 0.270 e. The number of aromatic amines is 1. The highest BCUT2D eigenvalue weighted by Crippen LogP contribution is 2.32. The van der Waals surface area contributed by atoms with Gasteiger partial charge >= 0.3 is 0 Å². The van der Waals surface area contributed by atoms with Crippen molar-refractivity contribution >= 4 is 17.7 Å². The molecule has 3 aliphatic heterocycles. The standard InChI is InChI=1S/C33H32N4O6/c1-20-8-10-23-15-25(20)22-5-3-6-24(14-22)42-19-31(38)35-16-21-9-11-28(29(13-21)41-2)43-30-18-37(17-27(30)36-32(23)39)33(40)26-7-4-12-34-26/h3-15,27,30,34H,16-19H2,1-2H3,(H,35,38)(H,36,39)/t27-,30-/m0/s1. The number of fused-ring (bicyclic) bond motifs is 7. The van der Waals surface area contributed by atoms with Crippen LogP contribution in [0.15, 0.2) is 79.0 Å². The summed E-state index contributed by atoms with van der Waals surface area (Å²) >= 11 is 0. The number of benzene rings is 3. The lowest BCUT2D eigenvalue weighted by Crippen LogP contribution is -2.45. The highest BCUT2D eigenvalue weighted by atomic mass is 16.5. The van der Waals surface area contributed by atoms with Gasteiger partial charge in [-0.1, -0.05) is 24.3 Å². The number of hydrogen-bond donors (Lipinski definition) is 3. The fourth-order valence-corrected chi connectivity index (χ4v) is 5.39. The molecule has 3 aromatic carbocycles. The Hall–Kier alpha value is -5.25. The van der Waals surface area contributed by atoms with E-state index in [1.165, 1.54) is 7.11 Å². The third-order valence-corrected chi connectivity index (χ3v) is 7.71. The summed E-state index contributed by atoms with van der Waals surface area (Å²) in [6, 6.07) is 21.3. The van der Waals surface area contributed by atoms with E-state index in [0.29, 0.717) is 28.5 Å². The van der Waals surface area contributed by atoms with Crippen molar-refractivity contribution in [3.05, 3.63) is 101 Å². The average molecular weight is 581 g/mol. The summed E-state index contributed by atoms with van der Waals surface area (Å²) in [6.45, 7) is 2.61. The van der Waals surface area contributed by atoms with Crippen molar-refractivity contribution in [2.75, 3.05) is 26.8 Å². The summed E-state index contributed by atoms with van der Waals surface area (Å²) in [5.74, 6) is 0.740. The summed E-state index contributed by atoms with van der Waals surface area (Å²) in [4.78, 5) is 44.1. The van der Waals surface area contributed by atoms with Crippen LogP contribution in [0, 0.1) is 6.92 Å². The molecular formula is C33H32N4O6. The van der Waals surface area contributed by atoms with E-state index in [-0.39, 0.29) is 44.0 Å². The molecule has 0 unspecified atom stereocenters. The number of amides is 3. The van der Waals surface area contributed by atoms with Gasteiger partial charge in [0.15, 0.2) is 18.1 Å². The van der Waals surface area contributed by atoms with E-state index >= 15 is 0 Å². The van der Waals surface area contributed by atoms with Crippen molar-refractivity contribution in [1.29, 1.82) is 0 Å². The highest BCUT2D eigenvalue weighted by Gasteiger charge is 2.39. The number of aromatic nitrogens is 1. The minimum Gasteiger partial charge on any atom is -0.493 e. The van der Waals surface area contributed by atoms with Crippen molar-refractivity contribution in [3.8, 4) is 28.4 Å². The fraction of sp³-hybridized carbons (Fsp3) is 0.242. The van der Waals surface area contributed by atoms with E-state index in [2.05, 4.69) is 15.6 Å². The monoisotopic (exact) mass is 580 g/mol. The summed E-state index contributed by atoms with van der Waals surface area (Å²) in [5, 5.41) is 5.99. The lowest BCUT2D eigenvalue weighted by molar-refractivity contribution is -0.123. The maximum absolute atomic E-state index is 13.6. The molecule has 3 N–H and O–H groups in total. The summed E-state index contributed by atoms with van der Waals surface area (Å²) in [6.07, 6.45) is 1.15. The van der Waals surface area contributed by atoms with Gasteiger partial charge in [0.2, 0.25) is 0 Å². The van der Waals surface area contributed by atoms with Crippen LogP contribution in [-0.4, -0.2) is 66.6 Å². The second kappa shape index (κ2) is 11.9. The first-order valence-electron chi connectivity index (χ1n) is 14.1. The molecule has 1 aromatic heterocycles. The van der Waals surface area contributed by atoms with Gasteiger partial charge in [-0.15, -0.1) is 0 Å². The fourth-order valence-electron chi connectivity index (χ4n) is 5.39. The number of rotatable bonds is 2. The van der Waals surface area contributed by atoms with Gasteiger partial charge in [0.25, 0.3) is 17.7 Å². The number of aryl methyl sites for hydroxylation is 1. The molecule has 43 heavy (non-hydrogen) atoms. The van der Waals surface area contributed by atoms with E-state index in [9.17, 15) is 14.4 Å². The van der Waals surface area contributed by atoms with Crippen LogP contribution in [0.2, 0.25) is 0 Å². The second-order valence-corrected chi connectivity index (χ2v) is 10.6. The molecule has 3 aliphatic rings. The molecule has 0 aliphatic carbocycles. The Kier molecular flexibility index (Phi) is 7.74. The summed E-state index contributed by atoms with van der Waals surface area (Å²) in [7, 11) is 1.54. The van der Waals surface area contributed by atoms with Crippen molar-refractivity contribution in [2.24, 2.45) is 0 Å². The van der Waals surface area contributed by atoms with Gasteiger partial charge in [-0.2, -0.15) is 0 Å². The van der Waals surface area contributed by atoms with Gasteiger partial charge in [0.05, 0.1) is 19.7 Å². The number of ether oxygens (including phenoxy) is 3. The predicted molar refractivity (Wildman–Crippen MR) is 159 cm³/mol. The third kappa shape index (κ3) is 6.04. The smallest absolute Gasteiger partial charge is 0.270 e. The molecule has 3 amide bonds. The Balaban J connectivity index is 1.36. The van der Waals surface area contributed by atoms with Crippen LogP contribution < -0.4 is 24.8 Å². The first-order valence-corrected chi connectivity index (χ1v) is 14.1. The minimum absolute atomic E-state index is 0.149. The predicted octanol–water partition coefficient (Wildman–Crippen LogP) is 3.71. The molecule has 10 nitrogen and oxygen atoms in total. The molecule has 2 atom stereocenters. The van der Waals surface area contributed by atoms with Crippen LogP contribution in [0.4, 0.5) is 0 Å². The average Bonchev–Trinajstić information content (AvgIpc) is 3.70. The highest BCUT2D eigenvalue weighted by molar-refractivity contribution is 5.96. The number of likely N-dealkylation sites (tertiary alicyclic amines) is 1. The lowest BCUT2D eigenvalue weighted by Gasteiger charge is -2.23. The van der Waals surface area contributed by atoms with Crippen molar-refractivity contribution < 1.29 is 28.6 Å². The normalized spacial score (nSPS) is 18.5. The molecule has 7 rings (SSSR count).